The molecular formula is C10H12N2O2. The predicted molar refractivity (Wildman–Crippen MR) is 53.1 cm³/mol. The number of anilines is 1. The van der Waals surface area contributed by atoms with Crippen LogP contribution in [-0.4, -0.2) is 17.6 Å². The Balaban J connectivity index is 2.44. The number of primary amides is 1. The van der Waals surface area contributed by atoms with Crippen molar-refractivity contribution in [3.05, 3.63) is 23.8 Å². The molecule has 1 atom stereocenters. The number of phenolic OH excluding ortho intramolecular Hbond substituents is 1. The average Bonchev–Trinajstić information content (AvgIpc) is 2.16. The number of phenols is 1. The maximum absolute atomic E-state index is 11.1. The van der Waals surface area contributed by atoms with Gasteiger partial charge in [-0.1, -0.05) is 6.07 Å². The van der Waals surface area contributed by atoms with Crippen molar-refractivity contribution in [2.75, 3.05) is 11.9 Å². The molecule has 1 unspecified atom stereocenters. The molecule has 4 N–H and O–H groups in total. The average molecular weight is 192 g/mol. The molecule has 1 heterocycles. The van der Waals surface area contributed by atoms with Crippen LogP contribution < -0.4 is 11.1 Å². The molecule has 1 aromatic rings. The van der Waals surface area contributed by atoms with Crippen molar-refractivity contribution in [1.82, 2.24) is 0 Å². The van der Waals surface area contributed by atoms with Gasteiger partial charge in [0.1, 0.15) is 5.75 Å². The van der Waals surface area contributed by atoms with Crippen LogP contribution in [0.25, 0.3) is 0 Å². The summed E-state index contributed by atoms with van der Waals surface area (Å²) in [7, 11) is 0. The summed E-state index contributed by atoms with van der Waals surface area (Å²) in [6, 6.07) is 4.93. The summed E-state index contributed by atoms with van der Waals surface area (Å²) in [5, 5.41) is 12.4. The lowest BCUT2D eigenvalue weighted by molar-refractivity contribution is -0.119. The quantitative estimate of drug-likeness (QED) is 0.615. The lowest BCUT2D eigenvalue weighted by Crippen LogP contribution is -2.27. The molecule has 2 rings (SSSR count). The van der Waals surface area contributed by atoms with E-state index in [0.29, 0.717) is 13.0 Å². The summed E-state index contributed by atoms with van der Waals surface area (Å²) in [4.78, 5) is 11.1. The zero-order chi connectivity index (χ0) is 10.1. The van der Waals surface area contributed by atoms with Gasteiger partial charge in [-0.3, -0.25) is 4.79 Å². The number of hydrogen-bond acceptors (Lipinski definition) is 3. The Morgan fingerprint density at radius 3 is 3.07 bits per heavy atom. The molecule has 1 aromatic carbocycles. The van der Waals surface area contributed by atoms with Gasteiger partial charge in [0.15, 0.2) is 0 Å². The second kappa shape index (κ2) is 3.21. The van der Waals surface area contributed by atoms with Gasteiger partial charge >= 0.3 is 0 Å². The second-order valence-electron chi connectivity index (χ2n) is 3.44. The maximum Gasteiger partial charge on any atom is 0.225 e. The molecular weight excluding hydrogens is 180 g/mol. The number of fused-ring (bicyclic) bond motifs is 1. The standard InChI is InChI=1S/C10H12N2O2/c11-10(14)8-3-4-12-9-5-6(13)1-2-7(8)9/h1-2,5,8,12-13H,3-4H2,(H2,11,14). The van der Waals surface area contributed by atoms with Crippen molar-refractivity contribution in [2.45, 2.75) is 12.3 Å². The molecule has 4 heteroatoms. The Morgan fingerprint density at radius 1 is 1.57 bits per heavy atom. The number of benzene rings is 1. The Kier molecular flexibility index (Phi) is 2.04. The zero-order valence-corrected chi connectivity index (χ0v) is 7.66. The van der Waals surface area contributed by atoms with Gasteiger partial charge in [0.05, 0.1) is 5.92 Å². The molecule has 0 aliphatic carbocycles. The molecule has 0 aromatic heterocycles. The first kappa shape index (κ1) is 8.87. The molecule has 0 fully saturated rings. The summed E-state index contributed by atoms with van der Waals surface area (Å²) >= 11 is 0. The normalized spacial score (nSPS) is 19.6. The summed E-state index contributed by atoms with van der Waals surface area (Å²) in [5.74, 6) is -0.341. The first-order valence-electron chi connectivity index (χ1n) is 4.54. The van der Waals surface area contributed by atoms with Gasteiger partial charge in [-0.2, -0.15) is 0 Å². The van der Waals surface area contributed by atoms with E-state index in [1.807, 2.05) is 0 Å². The highest BCUT2D eigenvalue weighted by atomic mass is 16.3. The third kappa shape index (κ3) is 1.39. The fourth-order valence-electron chi connectivity index (χ4n) is 1.80. The van der Waals surface area contributed by atoms with Crippen LogP contribution in [-0.2, 0) is 4.79 Å². The van der Waals surface area contributed by atoms with Crippen molar-refractivity contribution in [2.24, 2.45) is 5.73 Å². The van der Waals surface area contributed by atoms with Crippen molar-refractivity contribution >= 4 is 11.6 Å². The minimum absolute atomic E-state index is 0.196. The van der Waals surface area contributed by atoms with Crippen molar-refractivity contribution in [1.29, 1.82) is 0 Å². The van der Waals surface area contributed by atoms with E-state index < -0.39 is 0 Å². The number of rotatable bonds is 1. The van der Waals surface area contributed by atoms with Crippen molar-refractivity contribution in [3.8, 4) is 5.75 Å². The summed E-state index contributed by atoms with van der Waals surface area (Å²) in [6.07, 6.45) is 0.715. The zero-order valence-electron chi connectivity index (χ0n) is 7.66. The molecule has 0 bridgehead atoms. The molecule has 1 aliphatic heterocycles. The Labute approximate surface area is 81.7 Å². The van der Waals surface area contributed by atoms with Gasteiger partial charge in [0.2, 0.25) is 5.91 Å². The number of carbonyl (C=O) groups is 1. The van der Waals surface area contributed by atoms with Crippen LogP contribution in [0.1, 0.15) is 17.9 Å². The van der Waals surface area contributed by atoms with E-state index in [1.54, 1.807) is 18.2 Å². The number of nitrogens with one attached hydrogen (secondary N) is 1. The second-order valence-corrected chi connectivity index (χ2v) is 3.44. The highest BCUT2D eigenvalue weighted by Crippen LogP contribution is 2.33. The number of hydrogen-bond donors (Lipinski definition) is 3. The lowest BCUT2D eigenvalue weighted by Gasteiger charge is -2.24. The summed E-state index contributed by atoms with van der Waals surface area (Å²) in [6.45, 7) is 0.712. The number of amides is 1. The molecule has 0 saturated heterocycles. The number of carbonyl (C=O) groups excluding carboxylic acids is 1. The van der Waals surface area contributed by atoms with Crippen LogP contribution in [0.2, 0.25) is 0 Å². The smallest absolute Gasteiger partial charge is 0.225 e. The van der Waals surface area contributed by atoms with E-state index >= 15 is 0 Å². The highest BCUT2D eigenvalue weighted by molar-refractivity contribution is 5.85. The van der Waals surface area contributed by atoms with Gasteiger partial charge in [0, 0.05) is 18.3 Å². The highest BCUT2D eigenvalue weighted by Gasteiger charge is 2.24. The first-order chi connectivity index (χ1) is 6.68. The lowest BCUT2D eigenvalue weighted by atomic mass is 9.90. The van der Waals surface area contributed by atoms with Crippen LogP contribution in [0.15, 0.2) is 18.2 Å². The largest absolute Gasteiger partial charge is 0.508 e. The van der Waals surface area contributed by atoms with E-state index in [2.05, 4.69) is 5.32 Å². The maximum atomic E-state index is 11.1. The monoisotopic (exact) mass is 192 g/mol. The molecule has 1 amide bonds. The van der Waals surface area contributed by atoms with E-state index in [9.17, 15) is 9.90 Å². The third-order valence-corrected chi connectivity index (χ3v) is 2.50. The molecule has 14 heavy (non-hydrogen) atoms. The fraction of sp³-hybridized carbons (Fsp3) is 0.300. The summed E-state index contributed by atoms with van der Waals surface area (Å²) < 4.78 is 0. The number of nitrogens with two attached hydrogens (primary N) is 1. The van der Waals surface area contributed by atoms with E-state index in [0.717, 1.165) is 11.3 Å². The van der Waals surface area contributed by atoms with Crippen LogP contribution in [0.4, 0.5) is 5.69 Å². The van der Waals surface area contributed by atoms with E-state index in [4.69, 9.17) is 5.73 Å². The predicted octanol–water partition coefficient (Wildman–Crippen LogP) is 0.777. The molecule has 74 valence electrons. The van der Waals surface area contributed by atoms with Crippen molar-refractivity contribution < 1.29 is 9.90 Å². The minimum atomic E-state index is -0.307. The van der Waals surface area contributed by atoms with Crippen LogP contribution >= 0.6 is 0 Å². The van der Waals surface area contributed by atoms with E-state index in [-0.39, 0.29) is 17.6 Å². The van der Waals surface area contributed by atoms with Gasteiger partial charge in [-0.25, -0.2) is 0 Å². The van der Waals surface area contributed by atoms with Gasteiger partial charge < -0.3 is 16.2 Å². The first-order valence-corrected chi connectivity index (χ1v) is 4.54. The Hall–Kier alpha value is -1.71. The summed E-state index contributed by atoms with van der Waals surface area (Å²) in [5.41, 5.74) is 6.97. The molecule has 0 radical (unpaired) electrons. The topological polar surface area (TPSA) is 75.4 Å². The fourth-order valence-corrected chi connectivity index (χ4v) is 1.80. The van der Waals surface area contributed by atoms with Crippen LogP contribution in [0.3, 0.4) is 0 Å². The van der Waals surface area contributed by atoms with Gasteiger partial charge in [-0.05, 0) is 18.1 Å². The van der Waals surface area contributed by atoms with Crippen molar-refractivity contribution in [3.63, 3.8) is 0 Å². The van der Waals surface area contributed by atoms with Crippen LogP contribution in [0, 0.1) is 0 Å². The molecule has 4 nitrogen and oxygen atoms in total. The minimum Gasteiger partial charge on any atom is -0.508 e. The molecule has 0 spiro atoms. The van der Waals surface area contributed by atoms with E-state index in [1.165, 1.54) is 0 Å². The molecule has 0 saturated carbocycles. The van der Waals surface area contributed by atoms with Gasteiger partial charge in [0.25, 0.3) is 0 Å². The Morgan fingerprint density at radius 2 is 2.36 bits per heavy atom. The number of aromatic hydroxyl groups is 1. The van der Waals surface area contributed by atoms with Gasteiger partial charge in [-0.15, -0.1) is 0 Å². The van der Waals surface area contributed by atoms with Crippen LogP contribution in [0.5, 0.6) is 5.75 Å². The molecule has 1 aliphatic rings. The SMILES string of the molecule is NC(=O)C1CCNc2cc(O)ccc21. The Bertz CT molecular complexity index is 376. The third-order valence-electron chi connectivity index (χ3n) is 2.50.